The number of ether oxygens (including phenoxy) is 1. The van der Waals surface area contributed by atoms with Crippen LogP contribution in [-0.2, 0) is 6.42 Å². The highest BCUT2D eigenvalue weighted by Crippen LogP contribution is 2.13. The molecule has 0 saturated carbocycles. The van der Waals surface area contributed by atoms with Gasteiger partial charge in [0.05, 0.1) is 7.11 Å². The Labute approximate surface area is 111 Å². The van der Waals surface area contributed by atoms with E-state index in [1.54, 1.807) is 7.11 Å². The van der Waals surface area contributed by atoms with Gasteiger partial charge in [-0.1, -0.05) is 12.1 Å². The van der Waals surface area contributed by atoms with Crippen molar-refractivity contribution in [2.24, 2.45) is 0 Å². The lowest BCUT2D eigenvalue weighted by Gasteiger charge is -2.18. The van der Waals surface area contributed by atoms with Crippen molar-refractivity contribution in [1.82, 2.24) is 5.32 Å². The van der Waals surface area contributed by atoms with E-state index in [2.05, 4.69) is 37.2 Å². The van der Waals surface area contributed by atoms with Crippen LogP contribution in [0.15, 0.2) is 24.3 Å². The Hall–Kier alpha value is -1.46. The SMILES string of the molecule is C#CCC(C)NC(C)CCc1ccc(OC)cc1. The highest BCUT2D eigenvalue weighted by molar-refractivity contribution is 5.27. The molecule has 0 saturated heterocycles. The lowest BCUT2D eigenvalue weighted by Crippen LogP contribution is -2.34. The molecule has 0 heterocycles. The molecule has 2 unspecified atom stereocenters. The summed E-state index contributed by atoms with van der Waals surface area (Å²) in [6.07, 6.45) is 8.26. The highest BCUT2D eigenvalue weighted by atomic mass is 16.5. The maximum atomic E-state index is 5.30. The van der Waals surface area contributed by atoms with Crippen LogP contribution in [0.25, 0.3) is 0 Å². The third-order valence-electron chi connectivity index (χ3n) is 3.02. The second-order valence-corrected chi connectivity index (χ2v) is 4.76. The largest absolute Gasteiger partial charge is 0.497 e. The van der Waals surface area contributed by atoms with Crippen molar-refractivity contribution in [3.05, 3.63) is 29.8 Å². The standard InChI is InChI=1S/C16H23NO/c1-5-6-13(2)17-14(3)7-8-15-9-11-16(18-4)12-10-15/h1,9-14,17H,6-8H2,2-4H3. The fraction of sp³-hybridized carbons (Fsp3) is 0.500. The van der Waals surface area contributed by atoms with Crippen molar-refractivity contribution >= 4 is 0 Å². The number of methoxy groups -OCH3 is 1. The van der Waals surface area contributed by atoms with E-state index in [0.29, 0.717) is 12.1 Å². The summed E-state index contributed by atoms with van der Waals surface area (Å²) in [5, 5.41) is 3.51. The summed E-state index contributed by atoms with van der Waals surface area (Å²) in [6.45, 7) is 4.33. The smallest absolute Gasteiger partial charge is 0.118 e. The molecule has 0 aromatic heterocycles. The van der Waals surface area contributed by atoms with Crippen LogP contribution in [0.5, 0.6) is 5.75 Å². The van der Waals surface area contributed by atoms with Crippen LogP contribution in [0.3, 0.4) is 0 Å². The van der Waals surface area contributed by atoms with Crippen LogP contribution < -0.4 is 10.1 Å². The molecular formula is C16H23NO. The monoisotopic (exact) mass is 245 g/mol. The van der Waals surface area contributed by atoms with E-state index in [1.807, 2.05) is 12.1 Å². The number of nitrogens with one attached hydrogen (secondary N) is 1. The first-order valence-electron chi connectivity index (χ1n) is 6.48. The predicted molar refractivity (Wildman–Crippen MR) is 76.8 cm³/mol. The Morgan fingerprint density at radius 2 is 1.89 bits per heavy atom. The van der Waals surface area contributed by atoms with Gasteiger partial charge in [-0.05, 0) is 44.4 Å². The number of hydrogen-bond acceptors (Lipinski definition) is 2. The Balaban J connectivity index is 2.33. The van der Waals surface area contributed by atoms with Crippen molar-refractivity contribution < 1.29 is 4.74 Å². The second-order valence-electron chi connectivity index (χ2n) is 4.76. The molecule has 0 fully saturated rings. The van der Waals surface area contributed by atoms with E-state index in [-0.39, 0.29) is 0 Å². The average molecular weight is 245 g/mol. The van der Waals surface area contributed by atoms with Crippen molar-refractivity contribution in [3.8, 4) is 18.1 Å². The predicted octanol–water partition coefficient (Wildman–Crippen LogP) is 3.02. The molecule has 0 aliphatic heterocycles. The first-order valence-corrected chi connectivity index (χ1v) is 6.48. The van der Waals surface area contributed by atoms with E-state index in [0.717, 1.165) is 25.0 Å². The van der Waals surface area contributed by atoms with Crippen LogP contribution in [0.1, 0.15) is 32.3 Å². The topological polar surface area (TPSA) is 21.3 Å². The first-order chi connectivity index (χ1) is 8.65. The Morgan fingerprint density at radius 3 is 2.44 bits per heavy atom. The summed E-state index contributed by atoms with van der Waals surface area (Å²) < 4.78 is 5.14. The Kier molecular flexibility index (Phi) is 6.32. The summed E-state index contributed by atoms with van der Waals surface area (Å²) in [5.74, 6) is 3.59. The molecule has 1 aromatic rings. The molecule has 2 nitrogen and oxygen atoms in total. The van der Waals surface area contributed by atoms with Gasteiger partial charge in [0.1, 0.15) is 5.75 Å². The van der Waals surface area contributed by atoms with Crippen LogP contribution in [-0.4, -0.2) is 19.2 Å². The fourth-order valence-electron chi connectivity index (χ4n) is 1.98. The van der Waals surface area contributed by atoms with E-state index in [4.69, 9.17) is 11.2 Å². The number of benzene rings is 1. The number of terminal acetylenes is 1. The van der Waals surface area contributed by atoms with Crippen LogP contribution in [0, 0.1) is 12.3 Å². The van der Waals surface area contributed by atoms with Crippen molar-refractivity contribution in [3.63, 3.8) is 0 Å². The maximum Gasteiger partial charge on any atom is 0.118 e. The number of rotatable bonds is 7. The van der Waals surface area contributed by atoms with Crippen molar-refractivity contribution in [1.29, 1.82) is 0 Å². The zero-order chi connectivity index (χ0) is 13.4. The number of aryl methyl sites for hydroxylation is 1. The molecule has 18 heavy (non-hydrogen) atoms. The minimum Gasteiger partial charge on any atom is -0.497 e. The lowest BCUT2D eigenvalue weighted by atomic mass is 10.1. The minimum absolute atomic E-state index is 0.390. The van der Waals surface area contributed by atoms with E-state index >= 15 is 0 Å². The van der Waals surface area contributed by atoms with Gasteiger partial charge in [0.25, 0.3) is 0 Å². The van der Waals surface area contributed by atoms with E-state index in [1.165, 1.54) is 5.56 Å². The zero-order valence-electron chi connectivity index (χ0n) is 11.6. The molecule has 0 radical (unpaired) electrons. The Morgan fingerprint density at radius 1 is 1.22 bits per heavy atom. The van der Waals surface area contributed by atoms with Gasteiger partial charge in [-0.2, -0.15) is 0 Å². The summed E-state index contributed by atoms with van der Waals surface area (Å²) in [6, 6.07) is 9.13. The molecule has 0 spiro atoms. The van der Waals surface area contributed by atoms with Crippen molar-refractivity contribution in [2.75, 3.05) is 7.11 Å². The molecule has 1 rings (SSSR count). The first kappa shape index (κ1) is 14.6. The lowest BCUT2D eigenvalue weighted by molar-refractivity contribution is 0.414. The van der Waals surface area contributed by atoms with Gasteiger partial charge in [-0.15, -0.1) is 12.3 Å². The molecule has 1 aromatic carbocycles. The summed E-state index contributed by atoms with van der Waals surface area (Å²) in [7, 11) is 1.69. The molecule has 2 heteroatoms. The van der Waals surface area contributed by atoms with Gasteiger partial charge >= 0.3 is 0 Å². The summed E-state index contributed by atoms with van der Waals surface area (Å²) >= 11 is 0. The molecule has 98 valence electrons. The quantitative estimate of drug-likeness (QED) is 0.746. The molecule has 2 atom stereocenters. The second kappa shape index (κ2) is 7.79. The summed E-state index contributed by atoms with van der Waals surface area (Å²) in [4.78, 5) is 0. The zero-order valence-corrected chi connectivity index (χ0v) is 11.6. The Bertz CT molecular complexity index is 377. The molecule has 1 N–H and O–H groups in total. The maximum absolute atomic E-state index is 5.30. The van der Waals surface area contributed by atoms with Gasteiger partial charge in [0.2, 0.25) is 0 Å². The van der Waals surface area contributed by atoms with E-state index in [9.17, 15) is 0 Å². The summed E-state index contributed by atoms with van der Waals surface area (Å²) in [5.41, 5.74) is 1.34. The molecular weight excluding hydrogens is 222 g/mol. The van der Waals surface area contributed by atoms with Crippen LogP contribution >= 0.6 is 0 Å². The molecule has 0 aliphatic carbocycles. The van der Waals surface area contributed by atoms with Crippen molar-refractivity contribution in [2.45, 2.75) is 45.2 Å². The van der Waals surface area contributed by atoms with E-state index < -0.39 is 0 Å². The van der Waals surface area contributed by atoms with Gasteiger partial charge in [-0.25, -0.2) is 0 Å². The number of hydrogen-bond donors (Lipinski definition) is 1. The molecule has 0 amide bonds. The van der Waals surface area contributed by atoms with Gasteiger partial charge < -0.3 is 10.1 Å². The van der Waals surface area contributed by atoms with Crippen LogP contribution in [0.4, 0.5) is 0 Å². The van der Waals surface area contributed by atoms with Gasteiger partial charge in [0, 0.05) is 18.5 Å². The third-order valence-corrected chi connectivity index (χ3v) is 3.02. The molecule has 0 aliphatic rings. The normalized spacial score (nSPS) is 13.7. The molecule has 0 bridgehead atoms. The highest BCUT2D eigenvalue weighted by Gasteiger charge is 2.06. The van der Waals surface area contributed by atoms with Gasteiger partial charge in [-0.3, -0.25) is 0 Å². The van der Waals surface area contributed by atoms with Gasteiger partial charge in [0.15, 0.2) is 0 Å². The minimum atomic E-state index is 0.390. The fourth-order valence-corrected chi connectivity index (χ4v) is 1.98. The third kappa shape index (κ3) is 5.25. The average Bonchev–Trinajstić information content (AvgIpc) is 2.37. The van der Waals surface area contributed by atoms with Crippen LogP contribution in [0.2, 0.25) is 0 Å².